The summed E-state index contributed by atoms with van der Waals surface area (Å²) >= 11 is 0. The van der Waals surface area contributed by atoms with Gasteiger partial charge in [-0.15, -0.1) is 0 Å². The number of nitrogens with two attached hydrogens (primary N) is 1. The largest absolute Gasteiger partial charge is 0.416 e. The minimum Gasteiger partial charge on any atom is -0.365 e. The summed E-state index contributed by atoms with van der Waals surface area (Å²) in [6.45, 7) is 6.53. The second kappa shape index (κ2) is 10.5. The molecular formula is C26H33F3N6O. The molecule has 2 saturated carbocycles. The van der Waals surface area contributed by atoms with Crippen LogP contribution >= 0.6 is 0 Å². The molecule has 3 N–H and O–H groups in total. The highest BCUT2D eigenvalue weighted by atomic mass is 19.4. The van der Waals surface area contributed by atoms with E-state index in [9.17, 15) is 23.2 Å². The minimum atomic E-state index is -4.44. The first-order valence-corrected chi connectivity index (χ1v) is 12.5. The second-order valence-corrected chi connectivity index (χ2v) is 10.5. The van der Waals surface area contributed by atoms with E-state index < -0.39 is 17.6 Å². The van der Waals surface area contributed by atoms with Crippen LogP contribution in [0, 0.1) is 29.1 Å². The van der Waals surface area contributed by atoms with Crippen LogP contribution in [0.1, 0.15) is 67.9 Å². The van der Waals surface area contributed by atoms with Gasteiger partial charge in [0.05, 0.1) is 23.6 Å². The van der Waals surface area contributed by atoms with Gasteiger partial charge in [0, 0.05) is 31.0 Å². The van der Waals surface area contributed by atoms with E-state index in [-0.39, 0.29) is 23.3 Å². The fourth-order valence-corrected chi connectivity index (χ4v) is 5.11. The average molecular weight is 503 g/mol. The van der Waals surface area contributed by atoms with Gasteiger partial charge >= 0.3 is 6.18 Å². The molecule has 2 fully saturated rings. The molecule has 1 aromatic heterocycles. The predicted octanol–water partition coefficient (Wildman–Crippen LogP) is 5.35. The van der Waals surface area contributed by atoms with Crippen LogP contribution < -0.4 is 11.1 Å². The van der Waals surface area contributed by atoms with Gasteiger partial charge in [0.15, 0.2) is 5.82 Å². The number of benzene rings is 1. The molecule has 194 valence electrons. The minimum absolute atomic E-state index is 0.129. The number of anilines is 2. The van der Waals surface area contributed by atoms with Gasteiger partial charge in [0.2, 0.25) is 0 Å². The molecule has 0 bridgehead atoms. The van der Waals surface area contributed by atoms with Crippen LogP contribution in [0.2, 0.25) is 0 Å². The van der Waals surface area contributed by atoms with Crippen LogP contribution in [0.3, 0.4) is 0 Å². The number of hydrogen-bond donors (Lipinski definition) is 2. The molecule has 0 unspecified atom stereocenters. The lowest BCUT2D eigenvalue weighted by Crippen LogP contribution is -2.44. The van der Waals surface area contributed by atoms with Crippen molar-refractivity contribution in [3.05, 3.63) is 41.6 Å². The second-order valence-electron chi connectivity index (χ2n) is 10.5. The van der Waals surface area contributed by atoms with E-state index in [1.807, 2.05) is 0 Å². The lowest BCUT2D eigenvalue weighted by atomic mass is 9.81. The molecule has 2 aromatic rings. The monoisotopic (exact) mass is 502 g/mol. The van der Waals surface area contributed by atoms with Gasteiger partial charge in [-0.25, -0.2) is 0 Å². The molecule has 1 heterocycles. The maximum absolute atomic E-state index is 12.9. The lowest BCUT2D eigenvalue weighted by Gasteiger charge is -2.40. The topological polar surface area (TPSA) is 100.0 Å². The van der Waals surface area contributed by atoms with Gasteiger partial charge in [-0.05, 0) is 68.2 Å². The smallest absolute Gasteiger partial charge is 0.365 e. The van der Waals surface area contributed by atoms with Gasteiger partial charge in [-0.2, -0.15) is 23.5 Å². The first kappa shape index (κ1) is 26.0. The Kier molecular flexibility index (Phi) is 7.59. The Morgan fingerprint density at radius 1 is 1.25 bits per heavy atom. The molecule has 0 aliphatic heterocycles. The van der Waals surface area contributed by atoms with Crippen LogP contribution in [0.4, 0.5) is 24.7 Å². The van der Waals surface area contributed by atoms with Crippen molar-refractivity contribution >= 4 is 17.4 Å². The van der Waals surface area contributed by atoms with Gasteiger partial charge in [0.25, 0.3) is 5.91 Å². The Morgan fingerprint density at radius 2 is 1.94 bits per heavy atom. The molecule has 0 radical (unpaired) electrons. The Morgan fingerprint density at radius 3 is 2.50 bits per heavy atom. The zero-order valence-corrected chi connectivity index (χ0v) is 20.6. The summed E-state index contributed by atoms with van der Waals surface area (Å²) in [6, 6.07) is 7.05. The third kappa shape index (κ3) is 6.19. The first-order valence-electron chi connectivity index (χ1n) is 12.5. The zero-order valence-electron chi connectivity index (χ0n) is 20.6. The Bertz CT molecular complexity index is 1100. The fourth-order valence-electron chi connectivity index (χ4n) is 5.11. The molecule has 1 amide bonds. The molecule has 3 atom stereocenters. The van der Waals surface area contributed by atoms with E-state index in [1.54, 1.807) is 10.9 Å². The zero-order chi connectivity index (χ0) is 26.0. The van der Waals surface area contributed by atoms with Gasteiger partial charge < -0.3 is 11.1 Å². The number of rotatable bonds is 9. The molecule has 2 aliphatic rings. The van der Waals surface area contributed by atoms with E-state index in [0.29, 0.717) is 17.6 Å². The van der Waals surface area contributed by atoms with Crippen LogP contribution in [-0.4, -0.2) is 39.7 Å². The molecule has 4 rings (SSSR count). The third-order valence-electron chi connectivity index (χ3n) is 7.07. The van der Waals surface area contributed by atoms with E-state index >= 15 is 0 Å². The Balaban J connectivity index is 1.51. The summed E-state index contributed by atoms with van der Waals surface area (Å²) in [5.41, 5.74) is 5.28. The van der Waals surface area contributed by atoms with Crippen LogP contribution in [0.15, 0.2) is 30.5 Å². The number of nitrogens with zero attached hydrogens (tertiary/aromatic N) is 4. The van der Waals surface area contributed by atoms with Crippen LogP contribution in [0.5, 0.6) is 0 Å². The molecule has 2 aliphatic carbocycles. The molecule has 10 heteroatoms. The normalized spacial score (nSPS) is 22.6. The number of carbonyl (C=O) groups excluding carboxylic acids is 1. The molecule has 0 saturated heterocycles. The molecular weight excluding hydrogens is 469 g/mol. The van der Waals surface area contributed by atoms with Crippen molar-refractivity contribution in [3.8, 4) is 6.07 Å². The van der Waals surface area contributed by atoms with Crippen molar-refractivity contribution in [1.29, 1.82) is 5.26 Å². The predicted molar refractivity (Wildman–Crippen MR) is 130 cm³/mol. The number of carbonyl (C=O) groups is 1. The van der Waals surface area contributed by atoms with Crippen molar-refractivity contribution in [2.75, 3.05) is 18.4 Å². The molecule has 36 heavy (non-hydrogen) atoms. The van der Waals surface area contributed by atoms with Crippen LogP contribution in [0.25, 0.3) is 0 Å². The summed E-state index contributed by atoms with van der Waals surface area (Å²) in [5, 5.41) is 17.4. The summed E-state index contributed by atoms with van der Waals surface area (Å²) < 4.78 is 40.3. The van der Waals surface area contributed by atoms with E-state index in [0.717, 1.165) is 50.4 Å². The summed E-state index contributed by atoms with van der Waals surface area (Å²) in [5.74, 6) is 0.494. The van der Waals surface area contributed by atoms with Gasteiger partial charge in [-0.3, -0.25) is 14.4 Å². The van der Waals surface area contributed by atoms with Crippen molar-refractivity contribution in [1.82, 2.24) is 14.7 Å². The quantitative estimate of drug-likeness (QED) is 0.482. The van der Waals surface area contributed by atoms with Crippen molar-refractivity contribution in [3.63, 3.8) is 0 Å². The molecule has 1 aromatic carbocycles. The Labute approximate surface area is 209 Å². The summed E-state index contributed by atoms with van der Waals surface area (Å²) in [6.07, 6.45) is 2.06. The number of primary amides is 1. The first-order chi connectivity index (χ1) is 17.0. The van der Waals surface area contributed by atoms with Crippen molar-refractivity contribution in [2.45, 2.75) is 64.2 Å². The van der Waals surface area contributed by atoms with Gasteiger partial charge in [-0.1, -0.05) is 13.8 Å². The van der Waals surface area contributed by atoms with E-state index in [4.69, 9.17) is 5.73 Å². The highest BCUT2D eigenvalue weighted by molar-refractivity contribution is 5.98. The number of aromatic nitrogens is 2. The molecule has 0 spiro atoms. The summed E-state index contributed by atoms with van der Waals surface area (Å²) in [4.78, 5) is 14.7. The fraction of sp³-hybridized carbons (Fsp3) is 0.577. The van der Waals surface area contributed by atoms with Crippen molar-refractivity contribution in [2.24, 2.45) is 23.5 Å². The maximum atomic E-state index is 12.9. The number of nitrogens with one attached hydrogen (secondary N) is 1. The third-order valence-corrected chi connectivity index (χ3v) is 7.07. The SMILES string of the molecule is CC(C)CN(CC1CC1)[C@@H]1CC[C@@H](n2cc(C(N)=O)c(Nc3ccc(C(F)(F)F)cc3)n2)[C@@H](C#N)C1. The van der Waals surface area contributed by atoms with Crippen LogP contribution in [-0.2, 0) is 6.18 Å². The van der Waals surface area contributed by atoms with Crippen molar-refractivity contribution < 1.29 is 18.0 Å². The number of hydrogen-bond acceptors (Lipinski definition) is 5. The highest BCUT2D eigenvalue weighted by Crippen LogP contribution is 2.39. The lowest BCUT2D eigenvalue weighted by molar-refractivity contribution is -0.137. The van der Waals surface area contributed by atoms with E-state index in [2.05, 4.69) is 35.2 Å². The summed E-state index contributed by atoms with van der Waals surface area (Å²) in [7, 11) is 0. The average Bonchev–Trinajstić information content (AvgIpc) is 3.54. The van der Waals surface area contributed by atoms with E-state index in [1.165, 1.54) is 25.0 Å². The number of amides is 1. The Hall–Kier alpha value is -3.06. The molecule has 7 nitrogen and oxygen atoms in total. The highest BCUT2D eigenvalue weighted by Gasteiger charge is 2.37. The number of alkyl halides is 3. The maximum Gasteiger partial charge on any atom is 0.416 e. The van der Waals surface area contributed by atoms with Gasteiger partial charge in [0.1, 0.15) is 5.56 Å². The standard InChI is InChI=1S/C26H33F3N6O/c1-16(2)13-34(14-17-3-4-17)21-9-10-23(18(11-21)12-30)35-15-22(24(31)36)25(33-35)32-20-7-5-19(6-8-20)26(27,28)29/h5-8,15-18,21,23H,3-4,9-11,13-14H2,1-2H3,(H2,31,36)(H,32,33)/t18-,21-,23-/m1/s1. The number of nitriles is 1. The number of halogens is 3.